The number of rotatable bonds is 4. The van der Waals surface area contributed by atoms with Crippen molar-refractivity contribution in [2.45, 2.75) is 19.9 Å². The summed E-state index contributed by atoms with van der Waals surface area (Å²) in [7, 11) is 1.73. The maximum atomic E-state index is 12.5. The Kier molecular flexibility index (Phi) is 6.71. The van der Waals surface area contributed by atoms with Gasteiger partial charge >= 0.3 is 0 Å². The van der Waals surface area contributed by atoms with Crippen LogP contribution in [0.1, 0.15) is 34.6 Å². The third-order valence-corrected chi connectivity index (χ3v) is 5.19. The van der Waals surface area contributed by atoms with E-state index >= 15 is 0 Å². The fourth-order valence-electron chi connectivity index (χ4n) is 2.06. The number of carbonyl (C=O) groups excluding carboxylic acids is 2. The summed E-state index contributed by atoms with van der Waals surface area (Å²) in [5, 5.41) is 3.68. The van der Waals surface area contributed by atoms with Gasteiger partial charge in [-0.2, -0.15) is 0 Å². The minimum atomic E-state index is -0.315. The Balaban J connectivity index is 2.29. The highest BCUT2D eigenvalue weighted by atomic mass is 127. The zero-order valence-electron chi connectivity index (χ0n) is 13.9. The van der Waals surface area contributed by atoms with Crippen LogP contribution in [0.3, 0.4) is 0 Å². The van der Waals surface area contributed by atoms with E-state index in [1.54, 1.807) is 48.3 Å². The number of carbonyl (C=O) groups is 2. The minimum absolute atomic E-state index is 0.0665. The first-order valence-electron chi connectivity index (χ1n) is 7.53. The second-order valence-corrected chi connectivity index (χ2v) is 7.79. The van der Waals surface area contributed by atoms with Gasteiger partial charge in [-0.25, -0.2) is 0 Å². The summed E-state index contributed by atoms with van der Waals surface area (Å²) in [4.78, 5) is 26.6. The van der Waals surface area contributed by atoms with Gasteiger partial charge in [-0.3, -0.25) is 9.59 Å². The maximum Gasteiger partial charge on any atom is 0.256 e. The molecule has 0 aliphatic carbocycles. The average Bonchev–Trinajstić information content (AvgIpc) is 2.55. The molecule has 0 aliphatic rings. The number of amides is 2. The molecule has 1 N–H and O–H groups in total. The van der Waals surface area contributed by atoms with Crippen molar-refractivity contribution in [1.82, 2.24) is 4.90 Å². The molecule has 132 valence electrons. The summed E-state index contributed by atoms with van der Waals surface area (Å²) in [5.41, 5.74) is 1.33. The molecule has 2 aromatic rings. The Morgan fingerprint density at radius 3 is 2.40 bits per heavy atom. The molecule has 0 fully saturated rings. The predicted molar refractivity (Wildman–Crippen MR) is 111 cm³/mol. The van der Waals surface area contributed by atoms with Crippen LogP contribution in [0.25, 0.3) is 0 Å². The molecule has 0 aliphatic heterocycles. The quantitative estimate of drug-likeness (QED) is 0.589. The third kappa shape index (κ3) is 4.86. The van der Waals surface area contributed by atoms with Crippen LogP contribution in [0.15, 0.2) is 36.4 Å². The Labute approximate surface area is 170 Å². The standard InChI is InChI=1S/C18H17Cl2IN2O2/c1-10(2)23(3)18(25)11-4-7-14(20)16(8-11)22-17(24)13-6-5-12(19)9-15(13)21/h4-10H,1-3H3,(H,22,24). The van der Waals surface area contributed by atoms with Crippen LogP contribution in [-0.4, -0.2) is 29.8 Å². The van der Waals surface area contributed by atoms with Gasteiger partial charge in [-0.1, -0.05) is 23.2 Å². The van der Waals surface area contributed by atoms with Crippen molar-refractivity contribution in [3.8, 4) is 0 Å². The van der Waals surface area contributed by atoms with E-state index in [0.29, 0.717) is 26.9 Å². The normalized spacial score (nSPS) is 10.7. The van der Waals surface area contributed by atoms with Gasteiger partial charge in [0.25, 0.3) is 11.8 Å². The first-order chi connectivity index (χ1) is 11.7. The van der Waals surface area contributed by atoms with Gasteiger partial charge in [-0.15, -0.1) is 0 Å². The zero-order valence-corrected chi connectivity index (χ0v) is 17.6. The topological polar surface area (TPSA) is 49.4 Å². The van der Waals surface area contributed by atoms with Crippen LogP contribution in [0.2, 0.25) is 10.0 Å². The molecule has 0 unspecified atom stereocenters. The Morgan fingerprint density at radius 1 is 1.12 bits per heavy atom. The fraction of sp³-hybridized carbons (Fsp3) is 0.222. The van der Waals surface area contributed by atoms with E-state index < -0.39 is 0 Å². The van der Waals surface area contributed by atoms with E-state index in [0.717, 1.165) is 3.57 Å². The van der Waals surface area contributed by atoms with E-state index in [1.165, 1.54) is 0 Å². The van der Waals surface area contributed by atoms with Crippen molar-refractivity contribution in [2.24, 2.45) is 0 Å². The molecule has 0 saturated carbocycles. The van der Waals surface area contributed by atoms with Crippen molar-refractivity contribution >= 4 is 63.3 Å². The van der Waals surface area contributed by atoms with Crippen molar-refractivity contribution in [3.63, 3.8) is 0 Å². The van der Waals surface area contributed by atoms with Gasteiger partial charge in [0.05, 0.1) is 16.3 Å². The van der Waals surface area contributed by atoms with Gasteiger partial charge in [-0.05, 0) is 72.8 Å². The second-order valence-electron chi connectivity index (χ2n) is 5.78. The summed E-state index contributed by atoms with van der Waals surface area (Å²) < 4.78 is 0.727. The summed E-state index contributed by atoms with van der Waals surface area (Å²) in [6.07, 6.45) is 0. The second kappa shape index (κ2) is 8.38. The molecule has 0 spiro atoms. The molecule has 0 saturated heterocycles. The number of anilines is 1. The fourth-order valence-corrected chi connectivity index (χ4v) is 3.34. The van der Waals surface area contributed by atoms with Crippen LogP contribution in [-0.2, 0) is 0 Å². The number of nitrogens with one attached hydrogen (secondary N) is 1. The van der Waals surface area contributed by atoms with Gasteiger partial charge < -0.3 is 10.2 Å². The molecule has 2 rings (SSSR count). The van der Waals surface area contributed by atoms with Crippen molar-refractivity contribution in [2.75, 3.05) is 12.4 Å². The van der Waals surface area contributed by atoms with Crippen LogP contribution in [0, 0.1) is 3.57 Å². The SMILES string of the molecule is CC(C)N(C)C(=O)c1ccc(Cl)c(NC(=O)c2ccc(Cl)cc2I)c1. The third-order valence-electron chi connectivity index (χ3n) is 3.73. The Bertz CT molecular complexity index is 825. The summed E-state index contributed by atoms with van der Waals surface area (Å²) >= 11 is 14.1. The van der Waals surface area contributed by atoms with Crippen molar-refractivity contribution in [3.05, 3.63) is 61.1 Å². The molecule has 0 heterocycles. The van der Waals surface area contributed by atoms with Gasteiger partial charge in [0.2, 0.25) is 0 Å². The number of benzene rings is 2. The van der Waals surface area contributed by atoms with Gasteiger partial charge in [0.15, 0.2) is 0 Å². The number of nitrogens with zero attached hydrogens (tertiary/aromatic N) is 1. The van der Waals surface area contributed by atoms with Crippen LogP contribution in [0.5, 0.6) is 0 Å². The predicted octanol–water partition coefficient (Wildman–Crippen LogP) is 5.33. The van der Waals surface area contributed by atoms with Crippen LogP contribution < -0.4 is 5.32 Å². The summed E-state index contributed by atoms with van der Waals surface area (Å²) in [6.45, 7) is 3.86. The van der Waals surface area contributed by atoms with E-state index in [1.807, 2.05) is 36.4 Å². The highest BCUT2D eigenvalue weighted by molar-refractivity contribution is 14.1. The average molecular weight is 491 g/mol. The molecule has 0 radical (unpaired) electrons. The number of halogens is 3. The number of hydrogen-bond acceptors (Lipinski definition) is 2. The van der Waals surface area contributed by atoms with Gasteiger partial charge in [0.1, 0.15) is 0 Å². The minimum Gasteiger partial charge on any atom is -0.339 e. The summed E-state index contributed by atoms with van der Waals surface area (Å²) in [5.74, 6) is -0.451. The summed E-state index contributed by atoms with van der Waals surface area (Å²) in [6, 6.07) is 9.90. The first-order valence-corrected chi connectivity index (χ1v) is 9.37. The van der Waals surface area contributed by atoms with E-state index in [2.05, 4.69) is 5.32 Å². The molecular weight excluding hydrogens is 474 g/mol. The lowest BCUT2D eigenvalue weighted by Gasteiger charge is -2.22. The molecule has 0 bridgehead atoms. The number of hydrogen-bond donors (Lipinski definition) is 1. The Morgan fingerprint density at radius 2 is 1.80 bits per heavy atom. The maximum absolute atomic E-state index is 12.5. The highest BCUT2D eigenvalue weighted by Gasteiger charge is 2.17. The van der Waals surface area contributed by atoms with Crippen molar-refractivity contribution in [1.29, 1.82) is 0 Å². The molecule has 0 atom stereocenters. The molecule has 2 amide bonds. The molecule has 2 aromatic carbocycles. The Hall–Kier alpha value is -1.31. The van der Waals surface area contributed by atoms with Gasteiger partial charge in [0, 0.05) is 27.2 Å². The monoisotopic (exact) mass is 490 g/mol. The molecule has 4 nitrogen and oxygen atoms in total. The largest absolute Gasteiger partial charge is 0.339 e. The lowest BCUT2D eigenvalue weighted by Crippen LogP contribution is -2.33. The molecule has 25 heavy (non-hydrogen) atoms. The van der Waals surface area contributed by atoms with E-state index in [9.17, 15) is 9.59 Å². The van der Waals surface area contributed by atoms with Crippen molar-refractivity contribution < 1.29 is 9.59 Å². The first kappa shape index (κ1) is 20.0. The lowest BCUT2D eigenvalue weighted by atomic mass is 10.1. The molecule has 0 aromatic heterocycles. The lowest BCUT2D eigenvalue weighted by molar-refractivity contribution is 0.0754. The van der Waals surface area contributed by atoms with E-state index in [4.69, 9.17) is 23.2 Å². The molecule has 7 heteroatoms. The molecular formula is C18H17Cl2IN2O2. The van der Waals surface area contributed by atoms with Crippen LogP contribution >= 0.6 is 45.8 Å². The smallest absolute Gasteiger partial charge is 0.256 e. The van der Waals surface area contributed by atoms with Crippen LogP contribution in [0.4, 0.5) is 5.69 Å². The highest BCUT2D eigenvalue weighted by Crippen LogP contribution is 2.26. The van der Waals surface area contributed by atoms with E-state index in [-0.39, 0.29) is 17.9 Å². The zero-order chi connectivity index (χ0) is 18.7.